The van der Waals surface area contributed by atoms with E-state index in [9.17, 15) is 4.79 Å². The first-order valence-corrected chi connectivity index (χ1v) is 7.92. The van der Waals surface area contributed by atoms with Crippen LogP contribution in [-0.4, -0.2) is 23.0 Å². The van der Waals surface area contributed by atoms with E-state index in [4.69, 9.17) is 9.47 Å². The van der Waals surface area contributed by atoms with Gasteiger partial charge in [0.2, 0.25) is 0 Å². The molecule has 0 amide bonds. The van der Waals surface area contributed by atoms with Crippen LogP contribution in [0.5, 0.6) is 5.75 Å². The van der Waals surface area contributed by atoms with Crippen LogP contribution in [0.25, 0.3) is 0 Å². The predicted molar refractivity (Wildman–Crippen MR) is 90.1 cm³/mol. The van der Waals surface area contributed by atoms with Crippen molar-refractivity contribution in [2.45, 2.75) is 26.9 Å². The van der Waals surface area contributed by atoms with Gasteiger partial charge in [0.05, 0.1) is 18.7 Å². The smallest absolute Gasteiger partial charge is 0.312 e. The zero-order valence-corrected chi connectivity index (χ0v) is 15.1. The van der Waals surface area contributed by atoms with Gasteiger partial charge in [0.15, 0.2) is 6.10 Å². The third-order valence-corrected chi connectivity index (χ3v) is 3.66. The maximum Gasteiger partial charge on any atom is 0.312 e. The lowest BCUT2D eigenvalue weighted by Gasteiger charge is -2.24. The molecule has 0 aliphatic rings. The number of hydrogen-bond donors (Lipinski definition) is 0. The number of nitrogens with zero attached hydrogens (tertiary/aromatic N) is 2. The maximum atomic E-state index is 12.4. The highest BCUT2D eigenvalue weighted by atomic mass is 79.9. The number of rotatable bonds is 4. The summed E-state index contributed by atoms with van der Waals surface area (Å²) in [6.07, 6.45) is 4.03. The molecule has 2 rings (SSSR count). The molecular formula is C17H19BrN2O3. The topological polar surface area (TPSA) is 61.3 Å². The van der Waals surface area contributed by atoms with E-state index < -0.39 is 11.5 Å². The molecular weight excluding hydrogens is 360 g/mol. The minimum atomic E-state index is -0.692. The molecule has 0 radical (unpaired) electrons. The molecule has 0 saturated carbocycles. The number of benzene rings is 1. The van der Waals surface area contributed by atoms with Gasteiger partial charge in [-0.1, -0.05) is 15.9 Å². The van der Waals surface area contributed by atoms with Gasteiger partial charge in [-0.2, -0.15) is 0 Å². The fraction of sp³-hybridized carbons (Fsp3) is 0.353. The van der Waals surface area contributed by atoms with Crippen molar-refractivity contribution >= 4 is 21.9 Å². The number of aromatic nitrogens is 2. The second-order valence-electron chi connectivity index (χ2n) is 6.05. The van der Waals surface area contributed by atoms with Crippen molar-refractivity contribution in [2.24, 2.45) is 5.41 Å². The van der Waals surface area contributed by atoms with E-state index in [0.717, 1.165) is 4.47 Å². The third kappa shape index (κ3) is 4.28. The number of methoxy groups -OCH3 is 1. The Hall–Kier alpha value is -1.95. The van der Waals surface area contributed by atoms with E-state index in [1.807, 2.05) is 18.2 Å². The standard InChI is InChI=1S/C17H19BrN2O3/c1-17(2,3)16(21)23-15(13-10-19-7-8-20-13)12-9-11(18)5-6-14(12)22-4/h5-10,15H,1-4H3. The molecule has 23 heavy (non-hydrogen) atoms. The quantitative estimate of drug-likeness (QED) is 0.754. The Balaban J connectivity index is 2.50. The lowest BCUT2D eigenvalue weighted by atomic mass is 9.97. The third-order valence-electron chi connectivity index (χ3n) is 3.16. The van der Waals surface area contributed by atoms with Crippen LogP contribution in [0.15, 0.2) is 41.3 Å². The monoisotopic (exact) mass is 378 g/mol. The molecule has 1 aromatic carbocycles. The summed E-state index contributed by atoms with van der Waals surface area (Å²) in [6.45, 7) is 5.42. The molecule has 5 nitrogen and oxygen atoms in total. The van der Waals surface area contributed by atoms with Crippen molar-refractivity contribution in [3.05, 3.63) is 52.5 Å². The molecule has 0 aliphatic heterocycles. The average molecular weight is 379 g/mol. The van der Waals surface area contributed by atoms with Crippen molar-refractivity contribution in [3.8, 4) is 5.75 Å². The highest BCUT2D eigenvalue weighted by molar-refractivity contribution is 9.10. The fourth-order valence-electron chi connectivity index (χ4n) is 1.92. The Labute approximate surface area is 144 Å². The van der Waals surface area contributed by atoms with Gasteiger partial charge in [0.25, 0.3) is 0 Å². The van der Waals surface area contributed by atoms with Crippen LogP contribution in [0, 0.1) is 5.41 Å². The fourth-order valence-corrected chi connectivity index (χ4v) is 2.30. The number of carbonyl (C=O) groups is 1. The first-order chi connectivity index (χ1) is 10.8. The molecule has 122 valence electrons. The van der Waals surface area contributed by atoms with Gasteiger partial charge in [-0.05, 0) is 39.0 Å². The molecule has 2 aromatic rings. The molecule has 0 bridgehead atoms. The van der Waals surface area contributed by atoms with Gasteiger partial charge in [-0.25, -0.2) is 0 Å². The van der Waals surface area contributed by atoms with Gasteiger partial charge in [-0.15, -0.1) is 0 Å². The summed E-state index contributed by atoms with van der Waals surface area (Å²) in [5.41, 5.74) is 0.626. The summed E-state index contributed by atoms with van der Waals surface area (Å²) >= 11 is 3.44. The SMILES string of the molecule is COc1ccc(Br)cc1C(OC(=O)C(C)(C)C)c1cnccn1. The van der Waals surface area contributed by atoms with Crippen LogP contribution in [0.3, 0.4) is 0 Å². The van der Waals surface area contributed by atoms with E-state index >= 15 is 0 Å². The van der Waals surface area contributed by atoms with Crippen LogP contribution in [-0.2, 0) is 9.53 Å². The highest BCUT2D eigenvalue weighted by Gasteiger charge is 2.30. The molecule has 0 N–H and O–H groups in total. The normalized spacial score (nSPS) is 12.6. The van der Waals surface area contributed by atoms with Gasteiger partial charge >= 0.3 is 5.97 Å². The number of esters is 1. The van der Waals surface area contributed by atoms with E-state index in [2.05, 4.69) is 25.9 Å². The minimum Gasteiger partial charge on any atom is -0.496 e. The van der Waals surface area contributed by atoms with E-state index in [-0.39, 0.29) is 5.97 Å². The lowest BCUT2D eigenvalue weighted by molar-refractivity contribution is -0.157. The van der Waals surface area contributed by atoms with Crippen LogP contribution in [0.1, 0.15) is 38.1 Å². The summed E-state index contributed by atoms with van der Waals surface area (Å²) < 4.78 is 12.0. The molecule has 1 aromatic heterocycles. The van der Waals surface area contributed by atoms with E-state index in [1.54, 1.807) is 46.5 Å². The van der Waals surface area contributed by atoms with Crippen molar-refractivity contribution in [1.82, 2.24) is 9.97 Å². The number of hydrogen-bond acceptors (Lipinski definition) is 5. The van der Waals surface area contributed by atoms with Gasteiger partial charge < -0.3 is 9.47 Å². The maximum absolute atomic E-state index is 12.4. The number of halogens is 1. The first-order valence-electron chi connectivity index (χ1n) is 7.13. The molecule has 0 spiro atoms. The number of ether oxygens (including phenoxy) is 2. The van der Waals surface area contributed by atoms with Crippen molar-refractivity contribution in [3.63, 3.8) is 0 Å². The summed E-state index contributed by atoms with van der Waals surface area (Å²) in [5.74, 6) is 0.292. The predicted octanol–water partition coefficient (Wildman–Crippen LogP) is 3.93. The van der Waals surface area contributed by atoms with Gasteiger partial charge in [-0.3, -0.25) is 14.8 Å². The summed E-state index contributed by atoms with van der Waals surface area (Å²) in [4.78, 5) is 20.7. The second-order valence-corrected chi connectivity index (χ2v) is 6.97. The molecule has 6 heteroatoms. The summed E-state index contributed by atoms with van der Waals surface area (Å²) in [5, 5.41) is 0. The molecule has 1 unspecified atom stereocenters. The minimum absolute atomic E-state index is 0.324. The zero-order chi connectivity index (χ0) is 17.0. The molecule has 0 fully saturated rings. The summed E-state index contributed by atoms with van der Waals surface area (Å²) in [7, 11) is 1.58. The highest BCUT2D eigenvalue weighted by Crippen LogP contribution is 2.35. The second kappa shape index (κ2) is 7.08. The van der Waals surface area contributed by atoms with Crippen molar-refractivity contribution in [2.75, 3.05) is 7.11 Å². The zero-order valence-electron chi connectivity index (χ0n) is 13.5. The van der Waals surface area contributed by atoms with Gasteiger partial charge in [0.1, 0.15) is 11.4 Å². The Kier molecular flexibility index (Phi) is 5.36. The Morgan fingerprint density at radius 1 is 1.26 bits per heavy atom. The van der Waals surface area contributed by atoms with E-state index in [0.29, 0.717) is 17.0 Å². The molecule has 1 heterocycles. The van der Waals surface area contributed by atoms with Crippen LogP contribution < -0.4 is 4.74 Å². The molecule has 1 atom stereocenters. The van der Waals surface area contributed by atoms with Crippen molar-refractivity contribution in [1.29, 1.82) is 0 Å². The van der Waals surface area contributed by atoms with Crippen LogP contribution >= 0.6 is 15.9 Å². The summed E-state index contributed by atoms with van der Waals surface area (Å²) in [6, 6.07) is 5.53. The van der Waals surface area contributed by atoms with Crippen LogP contribution in [0.2, 0.25) is 0 Å². The lowest BCUT2D eigenvalue weighted by Crippen LogP contribution is -2.26. The molecule has 0 aliphatic carbocycles. The van der Waals surface area contributed by atoms with E-state index in [1.165, 1.54) is 0 Å². The first kappa shape index (κ1) is 17.4. The average Bonchev–Trinajstić information content (AvgIpc) is 2.52. The Bertz CT molecular complexity index is 684. The Morgan fingerprint density at radius 2 is 2.00 bits per heavy atom. The number of carbonyl (C=O) groups excluding carboxylic acids is 1. The van der Waals surface area contributed by atoms with Crippen LogP contribution in [0.4, 0.5) is 0 Å². The van der Waals surface area contributed by atoms with Gasteiger partial charge in [0, 0.05) is 22.4 Å². The Morgan fingerprint density at radius 3 is 2.57 bits per heavy atom. The molecule has 0 saturated heterocycles. The largest absolute Gasteiger partial charge is 0.496 e. The van der Waals surface area contributed by atoms with Crippen molar-refractivity contribution < 1.29 is 14.3 Å².